The molecule has 7 nitrogen and oxygen atoms in total. The van der Waals surface area contributed by atoms with Crippen LogP contribution in [0.15, 0.2) is 24.3 Å². The molecule has 2 rings (SSSR count). The average molecular weight is 426 g/mol. The fraction of sp³-hybridized carbons (Fsp3) is 0.474. The van der Waals surface area contributed by atoms with E-state index in [-0.39, 0.29) is 35.9 Å². The molecule has 1 heterocycles. The van der Waals surface area contributed by atoms with Gasteiger partial charge in [0.1, 0.15) is 6.04 Å². The molecule has 152 valence electrons. The zero-order valence-electron chi connectivity index (χ0n) is 15.9. The fourth-order valence-electron chi connectivity index (χ4n) is 2.70. The number of hydrogen-bond acceptors (Lipinski definition) is 5. The van der Waals surface area contributed by atoms with E-state index in [1.165, 1.54) is 0 Å². The number of hydrogen-bond donors (Lipinski definition) is 2. The van der Waals surface area contributed by atoms with Gasteiger partial charge in [-0.05, 0) is 43.3 Å². The number of nitrogens with one attached hydrogen (secondary N) is 2. The first-order valence-electron chi connectivity index (χ1n) is 9.12. The second kappa shape index (κ2) is 10.4. The highest BCUT2D eigenvalue weighted by Gasteiger charge is 2.34. The molecular weight excluding hydrogens is 402 g/mol. The first-order chi connectivity index (χ1) is 13.3. The Labute approximate surface area is 174 Å². The first-order valence-corrected chi connectivity index (χ1v) is 9.90. The number of nitrogens with zero attached hydrogens (tertiary/aromatic N) is 1. The summed E-state index contributed by atoms with van der Waals surface area (Å²) in [6.07, 6.45) is 0.450. The van der Waals surface area contributed by atoms with E-state index in [0.717, 1.165) is 5.56 Å². The van der Waals surface area contributed by atoms with Gasteiger partial charge in [0.25, 0.3) is 0 Å². The van der Waals surface area contributed by atoms with E-state index in [2.05, 4.69) is 10.6 Å². The largest absolute Gasteiger partial charge is 0.463 e. The lowest BCUT2D eigenvalue weighted by Crippen LogP contribution is -2.60. The van der Waals surface area contributed by atoms with Crippen LogP contribution in [0.2, 0.25) is 5.02 Å². The Bertz CT molecular complexity index is 741. The van der Waals surface area contributed by atoms with Crippen LogP contribution in [0.5, 0.6) is 0 Å². The van der Waals surface area contributed by atoms with Crippen molar-refractivity contribution in [3.63, 3.8) is 0 Å². The Kier molecular flexibility index (Phi) is 8.19. The van der Waals surface area contributed by atoms with Crippen LogP contribution in [0.3, 0.4) is 0 Å². The summed E-state index contributed by atoms with van der Waals surface area (Å²) in [5.74, 6) is -1.10. The fourth-order valence-corrected chi connectivity index (χ4v) is 3.16. The second-order valence-electron chi connectivity index (χ2n) is 6.57. The molecule has 2 unspecified atom stereocenters. The van der Waals surface area contributed by atoms with Crippen LogP contribution >= 0.6 is 23.8 Å². The lowest BCUT2D eigenvalue weighted by atomic mass is 10.1. The lowest BCUT2D eigenvalue weighted by Gasteiger charge is -2.36. The molecule has 2 N–H and O–H groups in total. The van der Waals surface area contributed by atoms with Crippen molar-refractivity contribution in [3.8, 4) is 0 Å². The molecule has 1 saturated heterocycles. The number of carbonyl (C=O) groups excluding carboxylic acids is 3. The van der Waals surface area contributed by atoms with Crippen molar-refractivity contribution in [1.82, 2.24) is 15.5 Å². The van der Waals surface area contributed by atoms with E-state index in [9.17, 15) is 14.4 Å². The molecule has 1 aliphatic rings. The van der Waals surface area contributed by atoms with Gasteiger partial charge < -0.3 is 20.3 Å². The van der Waals surface area contributed by atoms with E-state index in [4.69, 9.17) is 28.6 Å². The molecule has 0 radical (unpaired) electrons. The number of benzene rings is 1. The molecule has 0 bridgehead atoms. The zero-order chi connectivity index (χ0) is 20.7. The highest BCUT2D eigenvalue weighted by atomic mass is 35.5. The molecule has 28 heavy (non-hydrogen) atoms. The van der Waals surface area contributed by atoms with Gasteiger partial charge in [-0.15, -0.1) is 0 Å². The summed E-state index contributed by atoms with van der Waals surface area (Å²) in [7, 11) is 0. The lowest BCUT2D eigenvalue weighted by molar-refractivity contribution is -0.151. The molecule has 0 saturated carbocycles. The third-order valence-electron chi connectivity index (χ3n) is 4.38. The van der Waals surface area contributed by atoms with Crippen LogP contribution in [0.4, 0.5) is 0 Å². The summed E-state index contributed by atoms with van der Waals surface area (Å²) in [4.78, 5) is 38.2. The minimum absolute atomic E-state index is 0.121. The molecule has 1 fully saturated rings. The van der Waals surface area contributed by atoms with Crippen molar-refractivity contribution in [2.75, 3.05) is 13.1 Å². The molecule has 2 amide bonds. The molecule has 0 aliphatic carbocycles. The van der Waals surface area contributed by atoms with Crippen molar-refractivity contribution in [1.29, 1.82) is 0 Å². The van der Waals surface area contributed by atoms with Crippen molar-refractivity contribution in [2.45, 2.75) is 45.3 Å². The van der Waals surface area contributed by atoms with Crippen LogP contribution in [-0.2, 0) is 25.5 Å². The van der Waals surface area contributed by atoms with Crippen LogP contribution < -0.4 is 10.6 Å². The second-order valence-corrected chi connectivity index (χ2v) is 7.39. The van der Waals surface area contributed by atoms with E-state index in [1.807, 2.05) is 6.92 Å². The molecule has 2 atom stereocenters. The van der Waals surface area contributed by atoms with Gasteiger partial charge in [-0.1, -0.05) is 30.7 Å². The van der Waals surface area contributed by atoms with Crippen LogP contribution in [-0.4, -0.2) is 53.0 Å². The minimum atomic E-state index is -0.811. The number of esters is 1. The summed E-state index contributed by atoms with van der Waals surface area (Å²) in [6.45, 7) is 4.47. The molecular formula is C19H24ClN3O4S. The Balaban J connectivity index is 1.97. The standard InChI is InChI=1S/C19H24ClN3O4S/c1-3-12(2)27-17(25)11-15-18(26)21-8-9-23(15)19(28)22-16(24)10-13-4-6-14(20)7-5-13/h4-7,12,15H,3,8-11H2,1-2H3,(H,21,26)(H,22,24,28). The van der Waals surface area contributed by atoms with Crippen molar-refractivity contribution < 1.29 is 19.1 Å². The third-order valence-corrected chi connectivity index (χ3v) is 4.97. The van der Waals surface area contributed by atoms with Gasteiger partial charge in [0.15, 0.2) is 5.11 Å². The summed E-state index contributed by atoms with van der Waals surface area (Å²) in [5.41, 5.74) is 0.787. The number of halogens is 1. The number of thiocarbonyl (C=S) groups is 1. The molecule has 1 aliphatic heterocycles. The predicted molar refractivity (Wildman–Crippen MR) is 110 cm³/mol. The summed E-state index contributed by atoms with van der Waals surface area (Å²) >= 11 is 11.2. The quantitative estimate of drug-likeness (QED) is 0.534. The summed E-state index contributed by atoms with van der Waals surface area (Å²) in [5, 5.41) is 6.07. The minimum Gasteiger partial charge on any atom is -0.463 e. The molecule has 0 aromatic heterocycles. The van der Waals surface area contributed by atoms with Gasteiger partial charge in [0, 0.05) is 18.1 Å². The maximum Gasteiger partial charge on any atom is 0.308 e. The van der Waals surface area contributed by atoms with Crippen LogP contribution in [0.1, 0.15) is 32.3 Å². The van der Waals surface area contributed by atoms with Crippen molar-refractivity contribution in [2.24, 2.45) is 0 Å². The topological polar surface area (TPSA) is 87.7 Å². The van der Waals surface area contributed by atoms with Crippen LogP contribution in [0, 0.1) is 0 Å². The highest BCUT2D eigenvalue weighted by Crippen LogP contribution is 2.13. The predicted octanol–water partition coefficient (Wildman–Crippen LogP) is 1.82. The van der Waals surface area contributed by atoms with Gasteiger partial charge in [0.2, 0.25) is 11.8 Å². The zero-order valence-corrected chi connectivity index (χ0v) is 17.4. The first kappa shape index (κ1) is 22.1. The number of carbonyl (C=O) groups is 3. The van der Waals surface area contributed by atoms with Crippen molar-refractivity contribution in [3.05, 3.63) is 34.9 Å². The van der Waals surface area contributed by atoms with E-state index >= 15 is 0 Å². The summed E-state index contributed by atoms with van der Waals surface area (Å²) < 4.78 is 5.26. The summed E-state index contributed by atoms with van der Waals surface area (Å²) in [6, 6.07) is 6.11. The van der Waals surface area contributed by atoms with Gasteiger partial charge in [-0.2, -0.15) is 0 Å². The number of amides is 2. The third kappa shape index (κ3) is 6.45. The van der Waals surface area contributed by atoms with E-state index in [0.29, 0.717) is 24.5 Å². The van der Waals surface area contributed by atoms with Crippen molar-refractivity contribution >= 4 is 46.7 Å². The Morgan fingerprint density at radius 2 is 2.07 bits per heavy atom. The van der Waals surface area contributed by atoms with Gasteiger partial charge >= 0.3 is 5.97 Å². The molecule has 1 aromatic carbocycles. The SMILES string of the molecule is CCC(C)OC(=O)CC1C(=O)NCCN1C(=S)NC(=O)Cc1ccc(Cl)cc1. The highest BCUT2D eigenvalue weighted by molar-refractivity contribution is 7.80. The number of piperazine rings is 1. The molecule has 9 heteroatoms. The normalized spacial score (nSPS) is 17.5. The maximum absolute atomic E-state index is 12.3. The van der Waals surface area contributed by atoms with E-state index in [1.54, 1.807) is 36.1 Å². The number of rotatable bonds is 6. The van der Waals surface area contributed by atoms with Gasteiger partial charge in [0.05, 0.1) is 18.9 Å². The Morgan fingerprint density at radius 3 is 2.71 bits per heavy atom. The smallest absolute Gasteiger partial charge is 0.308 e. The maximum atomic E-state index is 12.3. The Hall–Kier alpha value is -2.19. The Morgan fingerprint density at radius 1 is 1.39 bits per heavy atom. The van der Waals surface area contributed by atoms with Gasteiger partial charge in [-0.3, -0.25) is 14.4 Å². The number of ether oxygens (including phenoxy) is 1. The average Bonchev–Trinajstić information content (AvgIpc) is 2.64. The van der Waals surface area contributed by atoms with Gasteiger partial charge in [-0.25, -0.2) is 0 Å². The van der Waals surface area contributed by atoms with E-state index < -0.39 is 12.0 Å². The molecule has 1 aromatic rings. The van der Waals surface area contributed by atoms with Crippen LogP contribution in [0.25, 0.3) is 0 Å². The monoisotopic (exact) mass is 425 g/mol. The molecule has 0 spiro atoms.